The molecule has 112 valence electrons. The number of aromatic hydroxyl groups is 1. The van der Waals surface area contributed by atoms with E-state index in [0.717, 1.165) is 19.2 Å². The third-order valence-electron chi connectivity index (χ3n) is 2.99. The molecular formula is C14H13F2NO3S. The molecule has 7 heteroatoms. The molecule has 0 unspecified atom stereocenters. The molecule has 0 aliphatic carbocycles. The Morgan fingerprint density at radius 2 is 1.67 bits per heavy atom. The van der Waals surface area contributed by atoms with Crippen molar-refractivity contribution in [3.05, 3.63) is 59.7 Å². The first-order valence-corrected chi connectivity index (χ1v) is 7.61. The maximum atomic E-state index is 13.7. The van der Waals surface area contributed by atoms with Gasteiger partial charge in [-0.3, -0.25) is 4.31 Å². The van der Waals surface area contributed by atoms with Gasteiger partial charge in [-0.1, -0.05) is 30.3 Å². The molecule has 0 heterocycles. The number of sulfonamides is 1. The van der Waals surface area contributed by atoms with Crippen LogP contribution >= 0.6 is 0 Å². The average Bonchev–Trinajstić information content (AvgIpc) is 2.45. The van der Waals surface area contributed by atoms with E-state index < -0.39 is 33.1 Å². The molecule has 4 nitrogen and oxygen atoms in total. The van der Waals surface area contributed by atoms with Crippen molar-refractivity contribution in [2.45, 2.75) is 5.75 Å². The van der Waals surface area contributed by atoms with E-state index in [0.29, 0.717) is 9.87 Å². The summed E-state index contributed by atoms with van der Waals surface area (Å²) in [6, 6.07) is 10.3. The van der Waals surface area contributed by atoms with Crippen molar-refractivity contribution in [1.82, 2.24) is 0 Å². The SMILES string of the molecule is CN(c1ccc(O)c(F)c1F)S(=O)(=O)Cc1ccccc1. The molecule has 21 heavy (non-hydrogen) atoms. The van der Waals surface area contributed by atoms with E-state index in [1.807, 2.05) is 0 Å². The van der Waals surface area contributed by atoms with E-state index in [-0.39, 0.29) is 5.75 Å². The predicted octanol–water partition coefficient (Wildman–Crippen LogP) is 2.64. The molecule has 0 aromatic heterocycles. The molecule has 2 aromatic rings. The Kier molecular flexibility index (Phi) is 4.13. The Morgan fingerprint density at radius 3 is 2.29 bits per heavy atom. The molecule has 0 spiro atoms. The number of phenolic OH excluding ortho intramolecular Hbond substituents is 1. The summed E-state index contributed by atoms with van der Waals surface area (Å²) in [5, 5.41) is 9.06. The van der Waals surface area contributed by atoms with Gasteiger partial charge in [0.05, 0.1) is 11.4 Å². The van der Waals surface area contributed by atoms with Gasteiger partial charge in [-0.05, 0) is 17.7 Å². The van der Waals surface area contributed by atoms with Gasteiger partial charge in [0.15, 0.2) is 11.6 Å². The van der Waals surface area contributed by atoms with Gasteiger partial charge in [-0.15, -0.1) is 0 Å². The van der Waals surface area contributed by atoms with E-state index in [4.69, 9.17) is 5.11 Å². The van der Waals surface area contributed by atoms with Crippen LogP contribution in [-0.4, -0.2) is 20.6 Å². The summed E-state index contributed by atoms with van der Waals surface area (Å²) in [7, 11) is -2.74. The Labute approximate surface area is 121 Å². The van der Waals surface area contributed by atoms with E-state index in [1.165, 1.54) is 0 Å². The van der Waals surface area contributed by atoms with Gasteiger partial charge >= 0.3 is 0 Å². The molecule has 0 saturated carbocycles. The summed E-state index contributed by atoms with van der Waals surface area (Å²) < 4.78 is 52.2. The van der Waals surface area contributed by atoms with E-state index in [9.17, 15) is 17.2 Å². The van der Waals surface area contributed by atoms with Crippen LogP contribution in [0.1, 0.15) is 5.56 Å². The number of rotatable bonds is 4. The fraction of sp³-hybridized carbons (Fsp3) is 0.143. The lowest BCUT2D eigenvalue weighted by atomic mass is 10.2. The van der Waals surface area contributed by atoms with Crippen LogP contribution in [0.2, 0.25) is 0 Å². The quantitative estimate of drug-likeness (QED) is 0.944. The second-order valence-corrected chi connectivity index (χ2v) is 6.44. The molecule has 0 radical (unpaired) electrons. The zero-order valence-electron chi connectivity index (χ0n) is 11.1. The van der Waals surface area contributed by atoms with Crippen LogP contribution in [0.3, 0.4) is 0 Å². The number of halogens is 2. The third kappa shape index (κ3) is 3.13. The summed E-state index contributed by atoms with van der Waals surface area (Å²) in [6.45, 7) is 0. The maximum absolute atomic E-state index is 13.7. The molecule has 0 fully saturated rings. The third-order valence-corrected chi connectivity index (χ3v) is 4.72. The smallest absolute Gasteiger partial charge is 0.239 e. The van der Waals surface area contributed by atoms with Crippen LogP contribution in [0.5, 0.6) is 5.75 Å². The standard InChI is InChI=1S/C14H13F2NO3S/c1-17(11-7-8-12(18)14(16)13(11)15)21(19,20)9-10-5-3-2-4-6-10/h2-8,18H,9H2,1H3. The normalized spacial score (nSPS) is 11.4. The molecule has 0 aliphatic heterocycles. The van der Waals surface area contributed by atoms with Crippen molar-refractivity contribution >= 4 is 15.7 Å². The van der Waals surface area contributed by atoms with Crippen LogP contribution in [0.25, 0.3) is 0 Å². The minimum Gasteiger partial charge on any atom is -0.505 e. The number of hydrogen-bond acceptors (Lipinski definition) is 3. The minimum absolute atomic E-state index is 0.341. The predicted molar refractivity (Wildman–Crippen MR) is 75.5 cm³/mol. The van der Waals surface area contributed by atoms with Gasteiger partial charge in [0, 0.05) is 7.05 Å². The van der Waals surface area contributed by atoms with Crippen LogP contribution in [0.15, 0.2) is 42.5 Å². The largest absolute Gasteiger partial charge is 0.505 e. The van der Waals surface area contributed by atoms with Crippen LogP contribution < -0.4 is 4.31 Å². The average molecular weight is 313 g/mol. The van der Waals surface area contributed by atoms with Crippen molar-refractivity contribution in [2.24, 2.45) is 0 Å². The van der Waals surface area contributed by atoms with Crippen molar-refractivity contribution in [3.63, 3.8) is 0 Å². The molecule has 2 rings (SSSR count). The molecule has 0 atom stereocenters. The second kappa shape index (κ2) is 5.69. The maximum Gasteiger partial charge on any atom is 0.239 e. The van der Waals surface area contributed by atoms with Crippen molar-refractivity contribution in [2.75, 3.05) is 11.4 Å². The lowest BCUT2D eigenvalue weighted by Crippen LogP contribution is -2.28. The highest BCUT2D eigenvalue weighted by Gasteiger charge is 2.24. The number of benzene rings is 2. The lowest BCUT2D eigenvalue weighted by molar-refractivity contribution is 0.407. The molecule has 1 N–H and O–H groups in total. The first-order valence-electron chi connectivity index (χ1n) is 6.00. The Hall–Kier alpha value is -2.15. The van der Waals surface area contributed by atoms with Gasteiger partial charge in [0.2, 0.25) is 15.8 Å². The summed E-state index contributed by atoms with van der Waals surface area (Å²) in [4.78, 5) is 0. The number of phenols is 1. The summed E-state index contributed by atoms with van der Waals surface area (Å²) in [6.07, 6.45) is 0. The minimum atomic E-state index is -3.87. The van der Waals surface area contributed by atoms with E-state index in [2.05, 4.69) is 0 Å². The fourth-order valence-electron chi connectivity index (χ4n) is 1.80. The monoisotopic (exact) mass is 313 g/mol. The van der Waals surface area contributed by atoms with Gasteiger partial charge in [0.1, 0.15) is 0 Å². The van der Waals surface area contributed by atoms with Crippen LogP contribution in [0, 0.1) is 11.6 Å². The summed E-state index contributed by atoms with van der Waals surface area (Å²) in [5.74, 6) is -4.10. The molecule has 0 amide bonds. The van der Waals surface area contributed by atoms with E-state index >= 15 is 0 Å². The summed E-state index contributed by atoms with van der Waals surface area (Å²) >= 11 is 0. The first kappa shape index (κ1) is 15.2. The Morgan fingerprint density at radius 1 is 1.05 bits per heavy atom. The fourth-order valence-corrected chi connectivity index (χ4v) is 3.05. The highest BCUT2D eigenvalue weighted by atomic mass is 32.2. The van der Waals surface area contributed by atoms with E-state index in [1.54, 1.807) is 30.3 Å². The highest BCUT2D eigenvalue weighted by Crippen LogP contribution is 2.29. The number of anilines is 1. The van der Waals surface area contributed by atoms with Gasteiger partial charge in [-0.2, -0.15) is 4.39 Å². The zero-order valence-corrected chi connectivity index (χ0v) is 11.9. The Bertz CT molecular complexity index is 748. The molecule has 2 aromatic carbocycles. The zero-order chi connectivity index (χ0) is 15.6. The summed E-state index contributed by atoms with van der Waals surface area (Å²) in [5.41, 5.74) is 0.0743. The molecular weight excluding hydrogens is 300 g/mol. The van der Waals surface area contributed by atoms with Gasteiger partial charge in [-0.25, -0.2) is 12.8 Å². The molecule has 0 aliphatic rings. The number of nitrogens with zero attached hydrogens (tertiary/aromatic N) is 1. The Balaban J connectivity index is 2.35. The van der Waals surface area contributed by atoms with Crippen molar-refractivity contribution in [1.29, 1.82) is 0 Å². The van der Waals surface area contributed by atoms with Crippen molar-refractivity contribution in [3.8, 4) is 5.75 Å². The lowest BCUT2D eigenvalue weighted by Gasteiger charge is -2.20. The van der Waals surface area contributed by atoms with Crippen molar-refractivity contribution < 1.29 is 22.3 Å². The van der Waals surface area contributed by atoms with Crippen LogP contribution in [0.4, 0.5) is 14.5 Å². The molecule has 0 bridgehead atoms. The topological polar surface area (TPSA) is 57.6 Å². The van der Waals surface area contributed by atoms with Gasteiger partial charge < -0.3 is 5.11 Å². The highest BCUT2D eigenvalue weighted by molar-refractivity contribution is 7.92. The second-order valence-electron chi connectivity index (χ2n) is 4.44. The molecule has 0 saturated heterocycles. The van der Waals surface area contributed by atoms with Gasteiger partial charge in [0.25, 0.3) is 0 Å². The first-order chi connectivity index (χ1) is 9.83. The number of hydrogen-bond donors (Lipinski definition) is 1. The van der Waals surface area contributed by atoms with Crippen LogP contribution in [-0.2, 0) is 15.8 Å².